The highest BCUT2D eigenvalue weighted by Gasteiger charge is 2.30. The summed E-state index contributed by atoms with van der Waals surface area (Å²) in [6, 6.07) is 11.6. The van der Waals surface area contributed by atoms with Gasteiger partial charge < -0.3 is 18.9 Å². The van der Waals surface area contributed by atoms with Gasteiger partial charge in [0.25, 0.3) is 5.91 Å². The molecule has 1 aliphatic heterocycles. The molecule has 1 amide bonds. The number of hydrogen-bond donors (Lipinski definition) is 0. The van der Waals surface area contributed by atoms with Gasteiger partial charge in [-0.15, -0.1) is 0 Å². The second-order valence-electron chi connectivity index (χ2n) is 5.77. The Morgan fingerprint density at radius 2 is 2.22 bits per heavy atom. The SMILES string of the molecule is COCc1cccc(C(=O)N2CCOCC2c2cccn2C)c1. The van der Waals surface area contributed by atoms with Crippen molar-refractivity contribution < 1.29 is 14.3 Å². The maximum atomic E-state index is 13.0. The van der Waals surface area contributed by atoms with Crippen molar-refractivity contribution in [2.75, 3.05) is 26.9 Å². The monoisotopic (exact) mass is 314 g/mol. The van der Waals surface area contributed by atoms with Gasteiger partial charge in [0.05, 0.1) is 25.9 Å². The highest BCUT2D eigenvalue weighted by molar-refractivity contribution is 5.94. The second-order valence-corrected chi connectivity index (χ2v) is 5.77. The van der Waals surface area contributed by atoms with Gasteiger partial charge in [-0.3, -0.25) is 4.79 Å². The number of nitrogens with zero attached hydrogens (tertiary/aromatic N) is 2. The molecule has 2 heterocycles. The van der Waals surface area contributed by atoms with E-state index in [-0.39, 0.29) is 11.9 Å². The van der Waals surface area contributed by atoms with Crippen LogP contribution in [0, 0.1) is 0 Å². The quantitative estimate of drug-likeness (QED) is 0.870. The summed E-state index contributed by atoms with van der Waals surface area (Å²) in [6.07, 6.45) is 1.99. The number of morpholine rings is 1. The molecule has 0 saturated carbocycles. The van der Waals surface area contributed by atoms with E-state index < -0.39 is 0 Å². The van der Waals surface area contributed by atoms with Crippen LogP contribution in [0.1, 0.15) is 27.7 Å². The van der Waals surface area contributed by atoms with E-state index in [9.17, 15) is 4.79 Å². The first kappa shape index (κ1) is 15.8. The highest BCUT2D eigenvalue weighted by Crippen LogP contribution is 2.26. The molecule has 0 N–H and O–H groups in total. The number of benzene rings is 1. The summed E-state index contributed by atoms with van der Waals surface area (Å²) in [5, 5.41) is 0. The first-order valence-electron chi connectivity index (χ1n) is 7.78. The molecule has 1 aliphatic rings. The van der Waals surface area contributed by atoms with Gasteiger partial charge in [-0.25, -0.2) is 0 Å². The molecule has 1 aromatic carbocycles. The van der Waals surface area contributed by atoms with Crippen molar-refractivity contribution >= 4 is 5.91 Å². The van der Waals surface area contributed by atoms with E-state index in [4.69, 9.17) is 9.47 Å². The zero-order valence-electron chi connectivity index (χ0n) is 13.6. The first-order valence-corrected chi connectivity index (χ1v) is 7.78. The lowest BCUT2D eigenvalue weighted by Crippen LogP contribution is -2.44. The average molecular weight is 314 g/mol. The average Bonchev–Trinajstić information content (AvgIpc) is 3.01. The molecule has 5 heteroatoms. The Morgan fingerprint density at radius 1 is 1.35 bits per heavy atom. The summed E-state index contributed by atoms with van der Waals surface area (Å²) in [7, 11) is 3.65. The molecule has 5 nitrogen and oxygen atoms in total. The summed E-state index contributed by atoms with van der Waals surface area (Å²) in [4.78, 5) is 14.9. The highest BCUT2D eigenvalue weighted by atomic mass is 16.5. The third kappa shape index (κ3) is 3.30. The first-order chi connectivity index (χ1) is 11.2. The van der Waals surface area contributed by atoms with Crippen LogP contribution in [0.3, 0.4) is 0 Å². The van der Waals surface area contributed by atoms with Crippen molar-refractivity contribution in [3.63, 3.8) is 0 Å². The van der Waals surface area contributed by atoms with E-state index in [1.807, 2.05) is 59.1 Å². The fourth-order valence-corrected chi connectivity index (χ4v) is 3.04. The van der Waals surface area contributed by atoms with Gasteiger partial charge in [0.2, 0.25) is 0 Å². The number of aryl methyl sites for hydroxylation is 1. The minimum atomic E-state index is -0.0534. The smallest absolute Gasteiger partial charge is 0.254 e. The Kier molecular flexibility index (Phi) is 4.79. The standard InChI is InChI=1S/C18H22N2O3/c1-19-8-4-7-16(19)17-13-23-10-9-20(17)18(21)15-6-3-5-14(11-15)12-22-2/h3-8,11,17H,9-10,12-13H2,1-2H3. The molecule has 1 saturated heterocycles. The molecule has 0 radical (unpaired) electrons. The molecule has 0 spiro atoms. The predicted octanol–water partition coefficient (Wildman–Crippen LogP) is 2.39. The van der Waals surface area contributed by atoms with Crippen LogP contribution in [0.25, 0.3) is 0 Å². The Morgan fingerprint density at radius 3 is 2.96 bits per heavy atom. The van der Waals surface area contributed by atoms with Gasteiger partial charge in [-0.2, -0.15) is 0 Å². The van der Waals surface area contributed by atoms with E-state index >= 15 is 0 Å². The zero-order chi connectivity index (χ0) is 16.2. The summed E-state index contributed by atoms with van der Waals surface area (Å²) >= 11 is 0. The zero-order valence-corrected chi connectivity index (χ0v) is 13.6. The lowest BCUT2D eigenvalue weighted by Gasteiger charge is -2.36. The predicted molar refractivity (Wildman–Crippen MR) is 87.2 cm³/mol. The van der Waals surface area contributed by atoms with Crippen molar-refractivity contribution in [3.8, 4) is 0 Å². The number of rotatable bonds is 4. The lowest BCUT2D eigenvalue weighted by atomic mass is 10.1. The third-order valence-electron chi connectivity index (χ3n) is 4.20. The van der Waals surface area contributed by atoms with Crippen LogP contribution in [0.5, 0.6) is 0 Å². The fraction of sp³-hybridized carbons (Fsp3) is 0.389. The minimum Gasteiger partial charge on any atom is -0.380 e. The summed E-state index contributed by atoms with van der Waals surface area (Å²) in [6.45, 7) is 2.21. The number of carbonyl (C=O) groups excluding carboxylic acids is 1. The number of amides is 1. The van der Waals surface area contributed by atoms with Crippen molar-refractivity contribution in [2.24, 2.45) is 7.05 Å². The Labute approximate surface area is 136 Å². The third-order valence-corrected chi connectivity index (χ3v) is 4.20. The molecule has 1 unspecified atom stereocenters. The van der Waals surface area contributed by atoms with Crippen LogP contribution in [0.4, 0.5) is 0 Å². The molecule has 1 aromatic heterocycles. The van der Waals surface area contributed by atoms with E-state index in [1.165, 1.54) is 0 Å². The van der Waals surface area contributed by atoms with Crippen LogP contribution < -0.4 is 0 Å². The topological polar surface area (TPSA) is 43.7 Å². The molecule has 2 aromatic rings. The number of carbonyl (C=O) groups is 1. The van der Waals surface area contributed by atoms with Crippen molar-refractivity contribution in [1.29, 1.82) is 0 Å². The molecule has 1 atom stereocenters. The molecule has 3 rings (SSSR count). The Hall–Kier alpha value is -2.11. The second kappa shape index (κ2) is 6.98. The van der Waals surface area contributed by atoms with Gasteiger partial charge >= 0.3 is 0 Å². The molecule has 1 fully saturated rings. The number of methoxy groups -OCH3 is 1. The maximum Gasteiger partial charge on any atom is 0.254 e. The fourth-order valence-electron chi connectivity index (χ4n) is 3.04. The summed E-state index contributed by atoms with van der Waals surface area (Å²) < 4.78 is 12.8. The molecule has 0 bridgehead atoms. The van der Waals surface area contributed by atoms with Gasteiger partial charge in [0.1, 0.15) is 0 Å². The van der Waals surface area contributed by atoms with E-state index in [2.05, 4.69) is 0 Å². The molecule has 122 valence electrons. The molecule has 23 heavy (non-hydrogen) atoms. The lowest BCUT2D eigenvalue weighted by molar-refractivity contribution is -0.00464. The minimum absolute atomic E-state index is 0.0393. The van der Waals surface area contributed by atoms with Crippen molar-refractivity contribution in [3.05, 3.63) is 59.4 Å². The van der Waals surface area contributed by atoms with Crippen LogP contribution >= 0.6 is 0 Å². The number of aromatic nitrogens is 1. The Bertz CT molecular complexity index is 680. The van der Waals surface area contributed by atoms with Crippen LogP contribution in [0.2, 0.25) is 0 Å². The number of hydrogen-bond acceptors (Lipinski definition) is 3. The Balaban J connectivity index is 1.87. The van der Waals surface area contributed by atoms with Crippen molar-refractivity contribution in [2.45, 2.75) is 12.6 Å². The van der Waals surface area contributed by atoms with E-state index in [0.29, 0.717) is 31.9 Å². The van der Waals surface area contributed by atoms with E-state index in [1.54, 1.807) is 7.11 Å². The number of ether oxygens (including phenoxy) is 2. The summed E-state index contributed by atoms with van der Waals surface area (Å²) in [5.41, 5.74) is 2.79. The molecule has 0 aliphatic carbocycles. The largest absolute Gasteiger partial charge is 0.380 e. The molecular weight excluding hydrogens is 292 g/mol. The van der Waals surface area contributed by atoms with Crippen LogP contribution in [-0.2, 0) is 23.1 Å². The van der Waals surface area contributed by atoms with Gasteiger partial charge in [-0.05, 0) is 29.8 Å². The van der Waals surface area contributed by atoms with Crippen LogP contribution in [0.15, 0.2) is 42.6 Å². The summed E-state index contributed by atoms with van der Waals surface area (Å²) in [5.74, 6) is 0.0393. The van der Waals surface area contributed by atoms with E-state index in [0.717, 1.165) is 11.3 Å². The van der Waals surface area contributed by atoms with Crippen LogP contribution in [-0.4, -0.2) is 42.2 Å². The van der Waals surface area contributed by atoms with Gasteiger partial charge in [-0.1, -0.05) is 12.1 Å². The van der Waals surface area contributed by atoms with Crippen molar-refractivity contribution in [1.82, 2.24) is 9.47 Å². The van der Waals surface area contributed by atoms with Gasteiger partial charge in [0, 0.05) is 38.2 Å². The molecular formula is C18H22N2O3. The normalized spacial score (nSPS) is 18.2. The van der Waals surface area contributed by atoms with Gasteiger partial charge in [0.15, 0.2) is 0 Å². The maximum absolute atomic E-state index is 13.0.